The number of thioether (sulfide) groups is 1. The van der Waals surface area contributed by atoms with E-state index >= 15 is 0 Å². The highest BCUT2D eigenvalue weighted by Crippen LogP contribution is 2.27. The lowest BCUT2D eigenvalue weighted by atomic mass is 10.1. The van der Waals surface area contributed by atoms with Gasteiger partial charge in [-0.2, -0.15) is 0 Å². The molecule has 7 heteroatoms. The molecule has 0 atom stereocenters. The lowest BCUT2D eigenvalue weighted by molar-refractivity contribution is 0.102. The molecule has 0 amide bonds. The van der Waals surface area contributed by atoms with E-state index in [0.29, 0.717) is 22.3 Å². The number of hydrogen-bond acceptors (Lipinski definition) is 5. The Morgan fingerprint density at radius 2 is 1.93 bits per heavy atom. The maximum atomic E-state index is 12.3. The van der Waals surface area contributed by atoms with Gasteiger partial charge in [0.25, 0.3) is 0 Å². The Labute approximate surface area is 165 Å². The van der Waals surface area contributed by atoms with Crippen molar-refractivity contribution in [2.75, 3.05) is 5.75 Å². The number of rotatable bonds is 6. The van der Waals surface area contributed by atoms with Crippen LogP contribution in [0.5, 0.6) is 0 Å². The molecule has 2 aromatic carbocycles. The molecule has 2 aromatic heterocycles. The minimum Gasteiger partial charge on any atom is -0.320 e. The summed E-state index contributed by atoms with van der Waals surface area (Å²) in [6.07, 6.45) is 1.82. The van der Waals surface area contributed by atoms with Gasteiger partial charge in [-0.25, -0.2) is 4.98 Å². The second-order valence-electron chi connectivity index (χ2n) is 5.90. The number of para-hydroxylation sites is 1. The molecule has 4 rings (SSSR count). The van der Waals surface area contributed by atoms with Crippen molar-refractivity contribution in [3.05, 3.63) is 71.8 Å². The van der Waals surface area contributed by atoms with Gasteiger partial charge in [0, 0.05) is 22.5 Å². The standard InChI is InChI=1S/C20H15ClN4OS/c1-2-11-25-16-6-4-3-5-15(16)18-19(25)22-20(24-23-18)27-12-17(26)13-7-9-14(21)10-8-13/h2-10H,1,11-12H2. The number of aromatic nitrogens is 4. The highest BCUT2D eigenvalue weighted by molar-refractivity contribution is 7.99. The Hall–Kier alpha value is -2.70. The first-order valence-corrected chi connectivity index (χ1v) is 9.68. The van der Waals surface area contributed by atoms with Crippen molar-refractivity contribution in [2.24, 2.45) is 0 Å². The predicted molar refractivity (Wildman–Crippen MR) is 110 cm³/mol. The van der Waals surface area contributed by atoms with Crippen LogP contribution in [0.25, 0.3) is 22.1 Å². The first-order chi connectivity index (χ1) is 13.2. The molecule has 0 N–H and O–H groups in total. The number of carbonyl (C=O) groups is 1. The fourth-order valence-corrected chi connectivity index (χ4v) is 3.72. The molecular formula is C20H15ClN4OS. The molecule has 0 fully saturated rings. The van der Waals surface area contributed by atoms with Gasteiger partial charge in [0.15, 0.2) is 11.4 Å². The van der Waals surface area contributed by atoms with Gasteiger partial charge in [-0.1, -0.05) is 47.6 Å². The van der Waals surface area contributed by atoms with E-state index in [1.807, 2.05) is 30.3 Å². The van der Waals surface area contributed by atoms with Gasteiger partial charge >= 0.3 is 0 Å². The quantitative estimate of drug-likeness (QED) is 0.267. The maximum Gasteiger partial charge on any atom is 0.211 e. The van der Waals surface area contributed by atoms with Crippen LogP contribution < -0.4 is 0 Å². The van der Waals surface area contributed by atoms with Crippen molar-refractivity contribution in [3.63, 3.8) is 0 Å². The fraction of sp³-hybridized carbons (Fsp3) is 0.100. The van der Waals surface area contributed by atoms with Crippen LogP contribution in [-0.4, -0.2) is 31.3 Å². The summed E-state index contributed by atoms with van der Waals surface area (Å²) in [6, 6.07) is 14.8. The van der Waals surface area contributed by atoms with Crippen LogP contribution in [-0.2, 0) is 6.54 Å². The van der Waals surface area contributed by atoms with E-state index in [1.165, 1.54) is 11.8 Å². The van der Waals surface area contributed by atoms with E-state index < -0.39 is 0 Å². The number of allylic oxidation sites excluding steroid dienone is 1. The highest BCUT2D eigenvalue weighted by Gasteiger charge is 2.15. The molecule has 0 bridgehead atoms. The second kappa shape index (κ2) is 7.50. The summed E-state index contributed by atoms with van der Waals surface area (Å²) >= 11 is 7.14. The number of ketones is 1. The average Bonchev–Trinajstić information content (AvgIpc) is 3.00. The zero-order valence-corrected chi connectivity index (χ0v) is 15.9. The number of nitrogens with zero attached hydrogens (tertiary/aromatic N) is 4. The Kier molecular flexibility index (Phi) is 4.92. The molecule has 0 saturated heterocycles. The molecule has 27 heavy (non-hydrogen) atoms. The maximum absolute atomic E-state index is 12.3. The minimum absolute atomic E-state index is 0.00741. The summed E-state index contributed by atoms with van der Waals surface area (Å²) in [5, 5.41) is 10.6. The van der Waals surface area contributed by atoms with Crippen molar-refractivity contribution in [1.82, 2.24) is 19.7 Å². The van der Waals surface area contributed by atoms with E-state index in [9.17, 15) is 4.79 Å². The van der Waals surface area contributed by atoms with E-state index in [1.54, 1.807) is 24.3 Å². The molecule has 0 spiro atoms. The van der Waals surface area contributed by atoms with Gasteiger partial charge in [-0.05, 0) is 30.3 Å². The summed E-state index contributed by atoms with van der Waals surface area (Å²) < 4.78 is 2.05. The summed E-state index contributed by atoms with van der Waals surface area (Å²) in [5.74, 6) is 0.225. The zero-order chi connectivity index (χ0) is 18.8. The first-order valence-electron chi connectivity index (χ1n) is 8.31. The van der Waals surface area contributed by atoms with Gasteiger partial charge < -0.3 is 4.57 Å². The Morgan fingerprint density at radius 1 is 1.15 bits per heavy atom. The largest absolute Gasteiger partial charge is 0.320 e. The van der Waals surface area contributed by atoms with Gasteiger partial charge in [0.2, 0.25) is 5.16 Å². The third-order valence-electron chi connectivity index (χ3n) is 4.16. The van der Waals surface area contributed by atoms with E-state index in [2.05, 4.69) is 26.3 Å². The number of halogens is 1. The molecular weight excluding hydrogens is 380 g/mol. The lowest BCUT2D eigenvalue weighted by Crippen LogP contribution is -2.04. The SMILES string of the molecule is C=CCn1c2ccccc2c2nnc(SCC(=O)c3ccc(Cl)cc3)nc21. The molecule has 0 saturated carbocycles. The molecule has 0 aliphatic heterocycles. The topological polar surface area (TPSA) is 60.7 Å². The van der Waals surface area contributed by atoms with Crippen LogP contribution in [0.3, 0.4) is 0 Å². The normalized spacial score (nSPS) is 11.1. The first kappa shape index (κ1) is 17.7. The van der Waals surface area contributed by atoms with E-state index in [4.69, 9.17) is 11.6 Å². The predicted octanol–water partition coefficient (Wildman–Crippen LogP) is 4.79. The van der Waals surface area contributed by atoms with Crippen LogP contribution in [0.15, 0.2) is 66.3 Å². The second-order valence-corrected chi connectivity index (χ2v) is 7.28. The average molecular weight is 395 g/mol. The van der Waals surface area contributed by atoms with Crippen LogP contribution in [0.4, 0.5) is 0 Å². The molecule has 2 heterocycles. The third-order valence-corrected chi connectivity index (χ3v) is 5.25. The van der Waals surface area contributed by atoms with Crippen LogP contribution >= 0.6 is 23.4 Å². The van der Waals surface area contributed by atoms with Crippen molar-refractivity contribution in [3.8, 4) is 0 Å². The van der Waals surface area contributed by atoms with Gasteiger partial charge in [-0.3, -0.25) is 4.79 Å². The number of Topliss-reactive ketones (excluding diaryl/α,β-unsaturated/α-hetero) is 1. The van der Waals surface area contributed by atoms with Gasteiger partial charge in [-0.15, -0.1) is 16.8 Å². The molecule has 0 aliphatic rings. The molecule has 0 aliphatic carbocycles. The highest BCUT2D eigenvalue weighted by atomic mass is 35.5. The summed E-state index contributed by atoms with van der Waals surface area (Å²) in [4.78, 5) is 17.0. The molecule has 0 unspecified atom stereocenters. The Bertz CT molecular complexity index is 1150. The van der Waals surface area contributed by atoms with Crippen molar-refractivity contribution >= 4 is 51.2 Å². The zero-order valence-electron chi connectivity index (χ0n) is 14.3. The molecule has 4 aromatic rings. The van der Waals surface area contributed by atoms with E-state index in [0.717, 1.165) is 22.1 Å². The smallest absolute Gasteiger partial charge is 0.211 e. The third kappa shape index (κ3) is 3.46. The summed E-state index contributed by atoms with van der Waals surface area (Å²) in [5.41, 5.74) is 3.14. The molecule has 0 radical (unpaired) electrons. The summed E-state index contributed by atoms with van der Waals surface area (Å²) in [6.45, 7) is 4.45. The Morgan fingerprint density at radius 3 is 2.70 bits per heavy atom. The molecule has 5 nitrogen and oxygen atoms in total. The molecule has 134 valence electrons. The van der Waals surface area contributed by atoms with Gasteiger partial charge in [0.1, 0.15) is 5.52 Å². The van der Waals surface area contributed by atoms with Crippen LogP contribution in [0.1, 0.15) is 10.4 Å². The fourth-order valence-electron chi connectivity index (χ4n) is 2.91. The number of benzene rings is 2. The lowest BCUT2D eigenvalue weighted by Gasteiger charge is -2.03. The number of fused-ring (bicyclic) bond motifs is 3. The van der Waals surface area contributed by atoms with Crippen LogP contribution in [0, 0.1) is 0 Å². The Balaban J connectivity index is 1.64. The summed E-state index contributed by atoms with van der Waals surface area (Å²) in [7, 11) is 0. The number of carbonyl (C=O) groups excluding carboxylic acids is 1. The van der Waals surface area contributed by atoms with Crippen molar-refractivity contribution in [2.45, 2.75) is 11.7 Å². The van der Waals surface area contributed by atoms with Crippen molar-refractivity contribution < 1.29 is 4.79 Å². The van der Waals surface area contributed by atoms with Crippen molar-refractivity contribution in [1.29, 1.82) is 0 Å². The minimum atomic E-state index is -0.00741. The van der Waals surface area contributed by atoms with Gasteiger partial charge in [0.05, 0.1) is 11.3 Å². The van der Waals surface area contributed by atoms with Crippen LogP contribution in [0.2, 0.25) is 5.02 Å². The number of hydrogen-bond donors (Lipinski definition) is 0. The monoisotopic (exact) mass is 394 g/mol. The van der Waals surface area contributed by atoms with E-state index in [-0.39, 0.29) is 11.5 Å².